The van der Waals surface area contributed by atoms with E-state index in [0.717, 1.165) is 24.3 Å². The number of fused-ring (bicyclic) bond motifs is 3. The Balaban J connectivity index is 1.51. The van der Waals surface area contributed by atoms with Gasteiger partial charge in [0.2, 0.25) is 0 Å². The molecule has 0 spiro atoms. The summed E-state index contributed by atoms with van der Waals surface area (Å²) in [5.41, 5.74) is 0. The highest BCUT2D eigenvalue weighted by atomic mass is 16.5. The molecule has 2 aliphatic heterocycles. The van der Waals surface area contributed by atoms with Crippen molar-refractivity contribution in [1.82, 2.24) is 5.32 Å². The van der Waals surface area contributed by atoms with Gasteiger partial charge in [0.05, 0.1) is 6.61 Å². The van der Waals surface area contributed by atoms with Gasteiger partial charge < -0.3 is 14.8 Å². The van der Waals surface area contributed by atoms with Gasteiger partial charge in [-0.05, 0) is 67.6 Å². The van der Waals surface area contributed by atoms with Crippen LogP contribution in [0.5, 0.6) is 11.5 Å². The van der Waals surface area contributed by atoms with Gasteiger partial charge in [-0.1, -0.05) is 12.1 Å². The molecule has 0 amide bonds. The van der Waals surface area contributed by atoms with Crippen LogP contribution in [0, 0.1) is 0 Å². The molecular formula is C19H23NO2. The molecule has 4 rings (SSSR count). The lowest BCUT2D eigenvalue weighted by Gasteiger charge is -2.29. The second-order valence-electron chi connectivity index (χ2n) is 6.45. The number of hydrogen-bond acceptors (Lipinski definition) is 3. The van der Waals surface area contributed by atoms with Crippen molar-refractivity contribution in [3.05, 3.63) is 36.4 Å². The molecule has 2 heterocycles. The van der Waals surface area contributed by atoms with Crippen LogP contribution in [-0.4, -0.2) is 24.8 Å². The second-order valence-corrected chi connectivity index (χ2v) is 6.45. The Kier molecular flexibility index (Phi) is 3.67. The number of nitrogens with one attached hydrogen (secondary N) is 1. The molecule has 3 atom stereocenters. The normalized spacial score (nSPS) is 27.0. The zero-order valence-electron chi connectivity index (χ0n) is 13.0. The fraction of sp³-hybridized carbons (Fsp3) is 0.474. The third-order valence-electron chi connectivity index (χ3n) is 4.83. The predicted octanol–water partition coefficient (Wildman–Crippen LogP) is 3.90. The Hall–Kier alpha value is -1.74. The fourth-order valence-electron chi connectivity index (χ4n) is 3.83. The molecule has 2 aromatic rings. The molecule has 2 bridgehead atoms. The number of benzene rings is 2. The van der Waals surface area contributed by atoms with Gasteiger partial charge in [0.25, 0.3) is 0 Å². The minimum atomic E-state index is 0.360. The van der Waals surface area contributed by atoms with Crippen molar-refractivity contribution >= 4 is 10.8 Å². The van der Waals surface area contributed by atoms with Crippen LogP contribution in [-0.2, 0) is 0 Å². The Morgan fingerprint density at radius 3 is 2.27 bits per heavy atom. The van der Waals surface area contributed by atoms with Gasteiger partial charge in [-0.15, -0.1) is 0 Å². The van der Waals surface area contributed by atoms with Crippen LogP contribution in [0.4, 0.5) is 0 Å². The van der Waals surface area contributed by atoms with Crippen molar-refractivity contribution in [3.8, 4) is 11.5 Å². The smallest absolute Gasteiger partial charge is 0.120 e. The standard InChI is InChI=1S/C19H23NO2/c1-2-21-17-7-3-14-10-18(8-4-13(14)9-17)22-19-11-15-5-6-16(12-19)20-15/h3-4,7-10,15-16,19-20H,2,5-6,11-12H2,1H3/t15-,16+,19-. The Morgan fingerprint density at radius 2 is 1.59 bits per heavy atom. The van der Waals surface area contributed by atoms with Crippen molar-refractivity contribution in [2.24, 2.45) is 0 Å². The zero-order valence-corrected chi connectivity index (χ0v) is 13.0. The second kappa shape index (κ2) is 5.81. The van der Waals surface area contributed by atoms with Crippen LogP contribution < -0.4 is 14.8 Å². The maximum absolute atomic E-state index is 6.25. The van der Waals surface area contributed by atoms with Gasteiger partial charge in [-0.3, -0.25) is 0 Å². The SMILES string of the molecule is CCOc1ccc2cc(O[C@@H]3C[C@H]4CC[C@@H](C3)N4)ccc2c1. The molecule has 0 unspecified atom stereocenters. The lowest BCUT2D eigenvalue weighted by Crippen LogP contribution is -2.42. The summed E-state index contributed by atoms with van der Waals surface area (Å²) in [6.45, 7) is 2.71. The van der Waals surface area contributed by atoms with Crippen molar-refractivity contribution in [2.45, 2.75) is 50.8 Å². The molecule has 116 valence electrons. The van der Waals surface area contributed by atoms with E-state index in [0.29, 0.717) is 24.8 Å². The summed E-state index contributed by atoms with van der Waals surface area (Å²) in [6, 6.07) is 13.9. The lowest BCUT2D eigenvalue weighted by atomic mass is 10.0. The maximum atomic E-state index is 6.25. The topological polar surface area (TPSA) is 30.5 Å². The fourth-order valence-corrected chi connectivity index (χ4v) is 3.83. The molecule has 0 aromatic heterocycles. The van der Waals surface area contributed by atoms with Crippen molar-refractivity contribution in [1.29, 1.82) is 0 Å². The minimum absolute atomic E-state index is 0.360. The molecular weight excluding hydrogens is 274 g/mol. The van der Waals surface area contributed by atoms with Crippen LogP contribution in [0.15, 0.2) is 36.4 Å². The van der Waals surface area contributed by atoms with Gasteiger partial charge in [0.15, 0.2) is 0 Å². The molecule has 3 heteroatoms. The van der Waals surface area contributed by atoms with Crippen molar-refractivity contribution in [2.75, 3.05) is 6.61 Å². The molecule has 2 aromatic carbocycles. The average Bonchev–Trinajstić information content (AvgIpc) is 2.86. The van der Waals surface area contributed by atoms with E-state index < -0.39 is 0 Å². The first-order chi connectivity index (χ1) is 10.8. The third-order valence-corrected chi connectivity index (χ3v) is 4.83. The monoisotopic (exact) mass is 297 g/mol. The molecule has 2 saturated heterocycles. The first-order valence-electron chi connectivity index (χ1n) is 8.39. The summed E-state index contributed by atoms with van der Waals surface area (Å²) in [4.78, 5) is 0. The van der Waals surface area contributed by atoms with Crippen LogP contribution in [0.1, 0.15) is 32.6 Å². The van der Waals surface area contributed by atoms with E-state index in [2.05, 4.69) is 35.6 Å². The van der Waals surface area contributed by atoms with Gasteiger partial charge in [0.1, 0.15) is 17.6 Å². The maximum Gasteiger partial charge on any atom is 0.120 e. The van der Waals surface area contributed by atoms with Crippen LogP contribution in [0.3, 0.4) is 0 Å². The summed E-state index contributed by atoms with van der Waals surface area (Å²) in [7, 11) is 0. The number of piperidine rings is 1. The summed E-state index contributed by atoms with van der Waals surface area (Å²) >= 11 is 0. The van der Waals surface area contributed by atoms with Crippen LogP contribution in [0.25, 0.3) is 10.8 Å². The number of rotatable bonds is 4. The van der Waals surface area contributed by atoms with Crippen molar-refractivity contribution < 1.29 is 9.47 Å². The predicted molar refractivity (Wildman–Crippen MR) is 88.7 cm³/mol. The van der Waals surface area contributed by atoms with E-state index in [-0.39, 0.29) is 0 Å². The van der Waals surface area contributed by atoms with Gasteiger partial charge >= 0.3 is 0 Å². The molecule has 0 saturated carbocycles. The van der Waals surface area contributed by atoms with E-state index in [1.54, 1.807) is 0 Å². The van der Waals surface area contributed by atoms with Crippen LogP contribution >= 0.6 is 0 Å². The number of ether oxygens (including phenoxy) is 2. The number of hydrogen-bond donors (Lipinski definition) is 1. The first kappa shape index (κ1) is 13.9. The van der Waals surface area contributed by atoms with Crippen LogP contribution in [0.2, 0.25) is 0 Å². The molecule has 22 heavy (non-hydrogen) atoms. The van der Waals surface area contributed by atoms with Gasteiger partial charge in [0, 0.05) is 12.1 Å². The summed E-state index contributed by atoms with van der Waals surface area (Å²) in [5.74, 6) is 1.92. The van der Waals surface area contributed by atoms with Crippen molar-refractivity contribution in [3.63, 3.8) is 0 Å². The van der Waals surface area contributed by atoms with E-state index >= 15 is 0 Å². The van der Waals surface area contributed by atoms with E-state index in [4.69, 9.17) is 9.47 Å². The summed E-state index contributed by atoms with van der Waals surface area (Å²) in [5, 5.41) is 6.06. The highest BCUT2D eigenvalue weighted by molar-refractivity contribution is 5.85. The average molecular weight is 297 g/mol. The molecule has 2 fully saturated rings. The zero-order chi connectivity index (χ0) is 14.9. The highest BCUT2D eigenvalue weighted by Crippen LogP contribution is 2.31. The van der Waals surface area contributed by atoms with E-state index in [1.165, 1.54) is 23.6 Å². The molecule has 3 nitrogen and oxygen atoms in total. The minimum Gasteiger partial charge on any atom is -0.494 e. The summed E-state index contributed by atoms with van der Waals surface area (Å²) in [6.07, 6.45) is 5.25. The Bertz CT molecular complexity index is 658. The van der Waals surface area contributed by atoms with Gasteiger partial charge in [-0.2, -0.15) is 0 Å². The molecule has 1 N–H and O–H groups in total. The highest BCUT2D eigenvalue weighted by Gasteiger charge is 2.34. The lowest BCUT2D eigenvalue weighted by molar-refractivity contribution is 0.137. The Labute approximate surface area is 131 Å². The van der Waals surface area contributed by atoms with Gasteiger partial charge in [-0.25, -0.2) is 0 Å². The first-order valence-corrected chi connectivity index (χ1v) is 8.39. The third kappa shape index (κ3) is 2.78. The molecule has 0 aliphatic carbocycles. The molecule has 0 radical (unpaired) electrons. The quantitative estimate of drug-likeness (QED) is 0.928. The Morgan fingerprint density at radius 1 is 0.955 bits per heavy atom. The van der Waals surface area contributed by atoms with E-state index in [1.807, 2.05) is 13.0 Å². The van der Waals surface area contributed by atoms with E-state index in [9.17, 15) is 0 Å². The summed E-state index contributed by atoms with van der Waals surface area (Å²) < 4.78 is 11.8. The molecule has 2 aliphatic rings. The largest absolute Gasteiger partial charge is 0.494 e.